The summed E-state index contributed by atoms with van der Waals surface area (Å²) in [6.45, 7) is 0. The monoisotopic (exact) mass is 147 g/mol. The molecule has 0 saturated heterocycles. The molecule has 0 bridgehead atoms. The summed E-state index contributed by atoms with van der Waals surface area (Å²) >= 11 is 0. The van der Waals surface area contributed by atoms with E-state index < -0.39 is 0 Å². The van der Waals surface area contributed by atoms with Crippen molar-refractivity contribution in [3.8, 4) is 0 Å². The second-order valence-electron chi connectivity index (χ2n) is 1.61. The lowest BCUT2D eigenvalue weighted by Gasteiger charge is -1.95. The molecule has 0 unspecified atom stereocenters. The number of hydrogen-bond acceptors (Lipinski definition) is 2. The summed E-state index contributed by atoms with van der Waals surface area (Å²) in [4.78, 5) is 3.99. The minimum absolute atomic E-state index is 0. The Labute approximate surface area is 60.5 Å². The standard InChI is InChI=1S/C5H9N3.ClH/c1-6-5-7-3-4-8(5)2;/h3-4H,1-2H3,(H,6,7);1H. The van der Waals surface area contributed by atoms with E-state index in [0.717, 1.165) is 5.95 Å². The van der Waals surface area contributed by atoms with Gasteiger partial charge in [-0.2, -0.15) is 0 Å². The summed E-state index contributed by atoms with van der Waals surface area (Å²) in [7, 11) is 3.79. The number of hydrogen-bond donors (Lipinski definition) is 1. The van der Waals surface area contributed by atoms with Crippen LogP contribution in [0.3, 0.4) is 0 Å². The smallest absolute Gasteiger partial charge is 0.202 e. The Morgan fingerprint density at radius 2 is 2.33 bits per heavy atom. The van der Waals surface area contributed by atoms with Gasteiger partial charge < -0.3 is 9.88 Å². The molecule has 1 rings (SSSR count). The Bertz CT molecular complexity index is 172. The fourth-order valence-electron chi connectivity index (χ4n) is 0.607. The maximum absolute atomic E-state index is 3.99. The van der Waals surface area contributed by atoms with E-state index in [1.807, 2.05) is 24.9 Å². The highest BCUT2D eigenvalue weighted by Crippen LogP contribution is 1.96. The molecule has 1 N–H and O–H groups in total. The number of anilines is 1. The molecule has 1 aromatic heterocycles. The van der Waals surface area contributed by atoms with Gasteiger partial charge in [0.2, 0.25) is 5.95 Å². The van der Waals surface area contributed by atoms with Gasteiger partial charge in [-0.15, -0.1) is 12.4 Å². The second-order valence-corrected chi connectivity index (χ2v) is 1.61. The van der Waals surface area contributed by atoms with Gasteiger partial charge in [0.15, 0.2) is 0 Å². The number of halogens is 1. The van der Waals surface area contributed by atoms with Gasteiger partial charge in [0, 0.05) is 26.5 Å². The lowest BCUT2D eigenvalue weighted by atomic mass is 10.9. The first-order valence-corrected chi connectivity index (χ1v) is 2.49. The molecule has 1 heterocycles. The van der Waals surface area contributed by atoms with Crippen LogP contribution in [0.4, 0.5) is 5.95 Å². The highest BCUT2D eigenvalue weighted by Gasteiger charge is 1.89. The van der Waals surface area contributed by atoms with Crippen LogP contribution in [0.15, 0.2) is 12.4 Å². The molecule has 0 amide bonds. The third-order valence-corrected chi connectivity index (χ3v) is 1.04. The Morgan fingerprint density at radius 3 is 2.56 bits per heavy atom. The van der Waals surface area contributed by atoms with Crippen LogP contribution in [0.2, 0.25) is 0 Å². The molecule has 0 spiro atoms. The summed E-state index contributed by atoms with van der Waals surface area (Å²) in [5.41, 5.74) is 0. The van der Waals surface area contributed by atoms with Crippen LogP contribution in [0, 0.1) is 0 Å². The second kappa shape index (κ2) is 3.35. The third-order valence-electron chi connectivity index (χ3n) is 1.04. The van der Waals surface area contributed by atoms with E-state index in [1.54, 1.807) is 6.20 Å². The summed E-state index contributed by atoms with van der Waals surface area (Å²) in [6, 6.07) is 0. The largest absolute Gasteiger partial charge is 0.359 e. The number of aromatic nitrogens is 2. The van der Waals surface area contributed by atoms with Crippen molar-refractivity contribution >= 4 is 18.4 Å². The van der Waals surface area contributed by atoms with Crippen molar-refractivity contribution in [2.24, 2.45) is 7.05 Å². The molecule has 0 aromatic carbocycles. The van der Waals surface area contributed by atoms with E-state index in [0.29, 0.717) is 0 Å². The summed E-state index contributed by atoms with van der Waals surface area (Å²) in [5, 5.41) is 2.93. The number of nitrogens with zero attached hydrogens (tertiary/aromatic N) is 2. The lowest BCUT2D eigenvalue weighted by Crippen LogP contribution is -1.96. The Morgan fingerprint density at radius 1 is 1.67 bits per heavy atom. The maximum Gasteiger partial charge on any atom is 0.202 e. The van der Waals surface area contributed by atoms with E-state index in [9.17, 15) is 0 Å². The molecule has 0 saturated carbocycles. The maximum atomic E-state index is 3.99. The summed E-state index contributed by atoms with van der Waals surface area (Å²) in [6.07, 6.45) is 3.65. The van der Waals surface area contributed by atoms with Crippen LogP contribution in [0.5, 0.6) is 0 Å². The minimum Gasteiger partial charge on any atom is -0.359 e. The summed E-state index contributed by atoms with van der Waals surface area (Å²) < 4.78 is 1.92. The predicted octanol–water partition coefficient (Wildman–Crippen LogP) is 0.884. The van der Waals surface area contributed by atoms with Crippen LogP contribution in [0.25, 0.3) is 0 Å². The molecule has 3 nitrogen and oxygen atoms in total. The fraction of sp³-hybridized carbons (Fsp3) is 0.400. The Balaban J connectivity index is 0.000000640. The zero-order valence-electron chi connectivity index (χ0n) is 5.46. The molecule has 0 radical (unpaired) electrons. The van der Waals surface area contributed by atoms with Gasteiger partial charge in [-0.3, -0.25) is 0 Å². The van der Waals surface area contributed by atoms with Crippen molar-refractivity contribution in [1.82, 2.24) is 9.55 Å². The molecule has 9 heavy (non-hydrogen) atoms. The van der Waals surface area contributed by atoms with E-state index in [4.69, 9.17) is 0 Å². The van der Waals surface area contributed by atoms with Crippen molar-refractivity contribution in [1.29, 1.82) is 0 Å². The SMILES string of the molecule is CNc1nccn1C.Cl. The first-order valence-electron chi connectivity index (χ1n) is 2.49. The molecule has 1 aromatic rings. The van der Waals surface area contributed by atoms with Gasteiger partial charge in [0.05, 0.1) is 0 Å². The molecular formula is C5H10ClN3. The van der Waals surface area contributed by atoms with Gasteiger partial charge in [0.25, 0.3) is 0 Å². The van der Waals surface area contributed by atoms with Crippen LogP contribution in [-0.2, 0) is 7.05 Å². The molecule has 52 valence electrons. The van der Waals surface area contributed by atoms with Crippen LogP contribution < -0.4 is 5.32 Å². The molecule has 4 heteroatoms. The van der Waals surface area contributed by atoms with Gasteiger partial charge in [-0.05, 0) is 0 Å². The number of rotatable bonds is 1. The molecule has 0 atom stereocenters. The average Bonchev–Trinajstić information content (AvgIpc) is 2.14. The minimum atomic E-state index is 0. The van der Waals surface area contributed by atoms with E-state index in [-0.39, 0.29) is 12.4 Å². The zero-order chi connectivity index (χ0) is 5.98. The molecule has 0 aliphatic carbocycles. The quantitative estimate of drug-likeness (QED) is 0.639. The topological polar surface area (TPSA) is 29.9 Å². The van der Waals surface area contributed by atoms with Crippen molar-refractivity contribution in [3.63, 3.8) is 0 Å². The van der Waals surface area contributed by atoms with Crippen LogP contribution in [-0.4, -0.2) is 16.6 Å². The van der Waals surface area contributed by atoms with Crippen molar-refractivity contribution in [2.45, 2.75) is 0 Å². The number of imidazole rings is 1. The zero-order valence-corrected chi connectivity index (χ0v) is 6.27. The highest BCUT2D eigenvalue weighted by atomic mass is 35.5. The lowest BCUT2D eigenvalue weighted by molar-refractivity contribution is 0.919. The van der Waals surface area contributed by atoms with Crippen LogP contribution in [0.1, 0.15) is 0 Å². The van der Waals surface area contributed by atoms with Gasteiger partial charge in [-0.1, -0.05) is 0 Å². The number of nitrogens with one attached hydrogen (secondary N) is 1. The number of aryl methyl sites for hydroxylation is 1. The van der Waals surface area contributed by atoms with E-state index in [2.05, 4.69) is 10.3 Å². The van der Waals surface area contributed by atoms with Crippen molar-refractivity contribution < 1.29 is 0 Å². The average molecular weight is 148 g/mol. The molecule has 0 aliphatic rings. The Hall–Kier alpha value is -0.700. The van der Waals surface area contributed by atoms with Gasteiger partial charge in [-0.25, -0.2) is 4.98 Å². The first kappa shape index (κ1) is 8.30. The highest BCUT2D eigenvalue weighted by molar-refractivity contribution is 5.85. The predicted molar refractivity (Wildman–Crippen MR) is 40.0 cm³/mol. The van der Waals surface area contributed by atoms with Crippen LogP contribution >= 0.6 is 12.4 Å². The van der Waals surface area contributed by atoms with Gasteiger partial charge in [0.1, 0.15) is 0 Å². The first-order chi connectivity index (χ1) is 3.84. The fourth-order valence-corrected chi connectivity index (χ4v) is 0.607. The van der Waals surface area contributed by atoms with Crippen molar-refractivity contribution in [2.75, 3.05) is 12.4 Å². The molecule has 0 aliphatic heterocycles. The van der Waals surface area contributed by atoms with Gasteiger partial charge >= 0.3 is 0 Å². The summed E-state index contributed by atoms with van der Waals surface area (Å²) in [5.74, 6) is 0.894. The normalized spacial score (nSPS) is 8.22. The van der Waals surface area contributed by atoms with E-state index >= 15 is 0 Å². The van der Waals surface area contributed by atoms with Crippen molar-refractivity contribution in [3.05, 3.63) is 12.4 Å². The third kappa shape index (κ3) is 1.61. The Kier molecular flexibility index (Phi) is 3.09. The van der Waals surface area contributed by atoms with E-state index in [1.165, 1.54) is 0 Å². The molecule has 0 fully saturated rings. The molecular weight excluding hydrogens is 138 g/mol.